The summed E-state index contributed by atoms with van der Waals surface area (Å²) in [6, 6.07) is 9.81. The molecule has 0 atom stereocenters. The van der Waals surface area contributed by atoms with Crippen molar-refractivity contribution >= 4 is 16.8 Å². The van der Waals surface area contributed by atoms with Gasteiger partial charge in [-0.25, -0.2) is 10.8 Å². The first kappa shape index (κ1) is 13.3. The molecule has 1 aromatic heterocycles. The Morgan fingerprint density at radius 2 is 2.21 bits per heavy atom. The van der Waals surface area contributed by atoms with E-state index in [1.807, 2.05) is 37.3 Å². The molecule has 0 saturated heterocycles. The Bertz CT molecular complexity index is 584. The van der Waals surface area contributed by atoms with Gasteiger partial charge in [0.2, 0.25) is 5.91 Å². The number of aromatic nitrogens is 1. The second kappa shape index (κ2) is 6.15. The molecular formula is C14H17N3O2. The molecule has 5 heteroatoms. The van der Waals surface area contributed by atoms with Gasteiger partial charge in [-0.1, -0.05) is 18.2 Å². The molecular weight excluding hydrogens is 242 g/mol. The van der Waals surface area contributed by atoms with Crippen LogP contribution in [-0.2, 0) is 4.79 Å². The maximum Gasteiger partial charge on any atom is 0.234 e. The van der Waals surface area contributed by atoms with Crippen molar-refractivity contribution < 1.29 is 9.53 Å². The number of para-hydroxylation sites is 1. The van der Waals surface area contributed by atoms with Gasteiger partial charge in [0, 0.05) is 17.5 Å². The molecule has 1 aromatic carbocycles. The Morgan fingerprint density at radius 1 is 1.37 bits per heavy atom. The summed E-state index contributed by atoms with van der Waals surface area (Å²) in [4.78, 5) is 15.5. The Balaban J connectivity index is 2.04. The molecule has 1 amide bonds. The number of rotatable bonds is 5. The maximum atomic E-state index is 11.0. The van der Waals surface area contributed by atoms with E-state index in [1.54, 1.807) is 0 Å². The minimum atomic E-state index is -0.185. The van der Waals surface area contributed by atoms with E-state index < -0.39 is 0 Å². The number of nitrogens with zero attached hydrogens (tertiary/aromatic N) is 1. The van der Waals surface area contributed by atoms with Gasteiger partial charge in [0.1, 0.15) is 11.3 Å². The second-order valence-electron chi connectivity index (χ2n) is 4.30. The molecule has 3 N–H and O–H groups in total. The van der Waals surface area contributed by atoms with Crippen LogP contribution in [0.4, 0.5) is 0 Å². The average Bonchev–Trinajstić information content (AvgIpc) is 2.43. The molecule has 19 heavy (non-hydrogen) atoms. The largest absolute Gasteiger partial charge is 0.491 e. The van der Waals surface area contributed by atoms with E-state index in [0.29, 0.717) is 19.4 Å². The van der Waals surface area contributed by atoms with Gasteiger partial charge in [-0.05, 0) is 25.5 Å². The number of nitrogens with one attached hydrogen (secondary N) is 1. The van der Waals surface area contributed by atoms with Crippen molar-refractivity contribution in [3.05, 3.63) is 36.0 Å². The summed E-state index contributed by atoms with van der Waals surface area (Å²) in [6.45, 7) is 2.41. The smallest absolute Gasteiger partial charge is 0.234 e. The minimum absolute atomic E-state index is 0.185. The first-order valence-electron chi connectivity index (χ1n) is 6.19. The van der Waals surface area contributed by atoms with Gasteiger partial charge in [-0.2, -0.15) is 0 Å². The summed E-state index contributed by atoms with van der Waals surface area (Å²) in [7, 11) is 0. The highest BCUT2D eigenvalue weighted by Gasteiger charge is 2.04. The van der Waals surface area contributed by atoms with Crippen LogP contribution < -0.4 is 16.0 Å². The molecule has 2 rings (SSSR count). The fraction of sp³-hybridized carbons (Fsp3) is 0.286. The number of ether oxygens (including phenoxy) is 1. The fourth-order valence-electron chi connectivity index (χ4n) is 1.82. The Morgan fingerprint density at radius 3 is 3.00 bits per heavy atom. The highest BCUT2D eigenvalue weighted by atomic mass is 16.5. The van der Waals surface area contributed by atoms with Gasteiger partial charge < -0.3 is 4.74 Å². The monoisotopic (exact) mass is 259 g/mol. The lowest BCUT2D eigenvalue weighted by atomic mass is 10.2. The van der Waals surface area contributed by atoms with Gasteiger partial charge >= 0.3 is 0 Å². The van der Waals surface area contributed by atoms with Gasteiger partial charge in [0.25, 0.3) is 0 Å². The zero-order valence-electron chi connectivity index (χ0n) is 10.8. The summed E-state index contributed by atoms with van der Waals surface area (Å²) in [5, 5.41) is 1.04. The molecule has 0 bridgehead atoms. The van der Waals surface area contributed by atoms with Gasteiger partial charge in [-0.15, -0.1) is 0 Å². The van der Waals surface area contributed by atoms with Crippen molar-refractivity contribution in [3.63, 3.8) is 0 Å². The van der Waals surface area contributed by atoms with Crippen LogP contribution in [0.3, 0.4) is 0 Å². The summed E-state index contributed by atoms with van der Waals surface area (Å²) < 4.78 is 5.69. The molecule has 0 radical (unpaired) electrons. The Kier molecular flexibility index (Phi) is 4.30. The molecule has 0 fully saturated rings. The van der Waals surface area contributed by atoms with E-state index in [-0.39, 0.29) is 5.91 Å². The van der Waals surface area contributed by atoms with Crippen molar-refractivity contribution in [1.29, 1.82) is 0 Å². The van der Waals surface area contributed by atoms with Crippen LogP contribution in [-0.4, -0.2) is 17.5 Å². The van der Waals surface area contributed by atoms with Crippen LogP contribution in [0.2, 0.25) is 0 Å². The second-order valence-corrected chi connectivity index (χ2v) is 4.30. The number of hydrogen-bond acceptors (Lipinski definition) is 4. The molecule has 2 aromatic rings. The SMILES string of the molecule is Cc1ccc2cccc(OCCCC(=O)NN)c2n1. The summed E-state index contributed by atoms with van der Waals surface area (Å²) >= 11 is 0. The van der Waals surface area contributed by atoms with Gasteiger partial charge in [0.05, 0.1) is 6.61 Å². The first-order valence-corrected chi connectivity index (χ1v) is 6.19. The maximum absolute atomic E-state index is 11.0. The standard InChI is InChI=1S/C14H17N3O2/c1-10-7-8-11-4-2-5-12(14(11)16-10)19-9-3-6-13(18)17-15/h2,4-5,7-8H,3,6,9,15H2,1H3,(H,17,18). The van der Waals surface area contributed by atoms with Gasteiger partial charge in [-0.3, -0.25) is 10.2 Å². The third-order valence-corrected chi connectivity index (χ3v) is 2.79. The Hall–Kier alpha value is -2.14. The lowest BCUT2D eigenvalue weighted by molar-refractivity contribution is -0.121. The topological polar surface area (TPSA) is 77.2 Å². The van der Waals surface area contributed by atoms with E-state index in [0.717, 1.165) is 22.3 Å². The zero-order valence-corrected chi connectivity index (χ0v) is 10.8. The minimum Gasteiger partial charge on any atom is -0.491 e. The van der Waals surface area contributed by atoms with E-state index in [9.17, 15) is 4.79 Å². The molecule has 0 spiro atoms. The summed E-state index contributed by atoms with van der Waals surface area (Å²) in [5.41, 5.74) is 3.90. The Labute approximate surface area is 111 Å². The molecule has 1 heterocycles. The molecule has 0 unspecified atom stereocenters. The van der Waals surface area contributed by atoms with Crippen LogP contribution in [0.15, 0.2) is 30.3 Å². The third kappa shape index (κ3) is 3.42. The highest BCUT2D eigenvalue weighted by molar-refractivity contribution is 5.84. The van der Waals surface area contributed by atoms with Crippen LogP contribution >= 0.6 is 0 Å². The number of carbonyl (C=O) groups is 1. The lowest BCUT2D eigenvalue weighted by Crippen LogP contribution is -2.29. The molecule has 0 aliphatic rings. The van der Waals surface area contributed by atoms with Crippen LogP contribution in [0.1, 0.15) is 18.5 Å². The number of benzene rings is 1. The van der Waals surface area contributed by atoms with E-state index >= 15 is 0 Å². The number of nitrogens with two attached hydrogens (primary N) is 1. The number of hydrazine groups is 1. The lowest BCUT2D eigenvalue weighted by Gasteiger charge is -2.09. The van der Waals surface area contributed by atoms with E-state index in [1.165, 1.54) is 0 Å². The quantitative estimate of drug-likeness (QED) is 0.371. The van der Waals surface area contributed by atoms with E-state index in [2.05, 4.69) is 10.4 Å². The highest BCUT2D eigenvalue weighted by Crippen LogP contribution is 2.24. The average molecular weight is 259 g/mol. The van der Waals surface area contributed by atoms with Crippen molar-refractivity contribution in [2.45, 2.75) is 19.8 Å². The number of amides is 1. The predicted molar refractivity (Wildman–Crippen MR) is 73.5 cm³/mol. The van der Waals surface area contributed by atoms with Crippen LogP contribution in [0.5, 0.6) is 5.75 Å². The number of carbonyl (C=O) groups excluding carboxylic acids is 1. The molecule has 0 aliphatic heterocycles. The van der Waals surface area contributed by atoms with Crippen molar-refractivity contribution in [1.82, 2.24) is 10.4 Å². The van der Waals surface area contributed by atoms with Crippen molar-refractivity contribution in [2.24, 2.45) is 5.84 Å². The van der Waals surface area contributed by atoms with Crippen molar-refractivity contribution in [2.75, 3.05) is 6.61 Å². The zero-order chi connectivity index (χ0) is 13.7. The summed E-state index contributed by atoms with van der Waals surface area (Å²) in [6.07, 6.45) is 0.971. The van der Waals surface area contributed by atoms with Gasteiger partial charge in [0.15, 0.2) is 0 Å². The third-order valence-electron chi connectivity index (χ3n) is 2.79. The number of fused-ring (bicyclic) bond motifs is 1. The number of aryl methyl sites for hydroxylation is 1. The summed E-state index contributed by atoms with van der Waals surface area (Å²) in [5.74, 6) is 5.57. The normalized spacial score (nSPS) is 10.4. The molecule has 0 saturated carbocycles. The fourth-order valence-corrected chi connectivity index (χ4v) is 1.82. The first-order chi connectivity index (χ1) is 9.20. The molecule has 5 nitrogen and oxygen atoms in total. The number of hydrogen-bond donors (Lipinski definition) is 2. The van der Waals surface area contributed by atoms with E-state index in [4.69, 9.17) is 10.6 Å². The number of pyridine rings is 1. The molecule has 100 valence electrons. The molecule has 0 aliphatic carbocycles. The predicted octanol–water partition coefficient (Wildman–Crippen LogP) is 1.69. The van der Waals surface area contributed by atoms with Crippen LogP contribution in [0, 0.1) is 6.92 Å². The van der Waals surface area contributed by atoms with Crippen LogP contribution in [0.25, 0.3) is 10.9 Å². The van der Waals surface area contributed by atoms with Crippen molar-refractivity contribution in [3.8, 4) is 5.75 Å².